The predicted molar refractivity (Wildman–Crippen MR) is 79.4 cm³/mol. The third-order valence-corrected chi connectivity index (χ3v) is 4.95. The average molecular weight is 388 g/mol. The maximum atomic E-state index is 11.9. The molecule has 0 radical (unpaired) electrons. The SMILES string of the molecule is O=S(=O)(NCCCCCI)c1ccccc1Cl. The number of nitrogens with one attached hydrogen (secondary N) is 1. The first kappa shape index (κ1) is 15.2. The Labute approximate surface area is 121 Å². The summed E-state index contributed by atoms with van der Waals surface area (Å²) in [5, 5.41) is 0.257. The molecule has 3 nitrogen and oxygen atoms in total. The van der Waals surface area contributed by atoms with Gasteiger partial charge < -0.3 is 0 Å². The summed E-state index contributed by atoms with van der Waals surface area (Å²) in [5.74, 6) is 0. The standard InChI is InChI=1S/C11H15ClINO2S/c12-10-6-2-3-7-11(10)17(15,16)14-9-5-1-4-8-13/h2-3,6-7,14H,1,4-5,8-9H2. The van der Waals surface area contributed by atoms with Gasteiger partial charge in [-0.3, -0.25) is 0 Å². The topological polar surface area (TPSA) is 46.2 Å². The Morgan fingerprint density at radius 3 is 2.53 bits per heavy atom. The van der Waals surface area contributed by atoms with Crippen molar-refractivity contribution in [2.75, 3.05) is 11.0 Å². The third-order valence-electron chi connectivity index (χ3n) is 2.23. The normalized spacial score (nSPS) is 11.6. The van der Waals surface area contributed by atoms with Crippen LogP contribution < -0.4 is 4.72 Å². The lowest BCUT2D eigenvalue weighted by atomic mass is 10.3. The Kier molecular flexibility index (Phi) is 6.76. The number of halogens is 2. The summed E-state index contributed by atoms with van der Waals surface area (Å²) in [5.41, 5.74) is 0. The molecule has 0 unspecified atom stereocenters. The fraction of sp³-hybridized carbons (Fsp3) is 0.455. The van der Waals surface area contributed by atoms with Crippen molar-refractivity contribution in [2.24, 2.45) is 0 Å². The highest BCUT2D eigenvalue weighted by Crippen LogP contribution is 2.19. The number of sulfonamides is 1. The van der Waals surface area contributed by atoms with Gasteiger partial charge >= 0.3 is 0 Å². The summed E-state index contributed by atoms with van der Waals surface area (Å²) in [4.78, 5) is 0.149. The van der Waals surface area contributed by atoms with E-state index in [0.29, 0.717) is 6.54 Å². The van der Waals surface area contributed by atoms with Gasteiger partial charge in [-0.25, -0.2) is 13.1 Å². The lowest BCUT2D eigenvalue weighted by Gasteiger charge is -2.07. The molecule has 1 aromatic carbocycles. The van der Waals surface area contributed by atoms with Gasteiger partial charge in [-0.1, -0.05) is 52.7 Å². The molecule has 0 saturated carbocycles. The lowest BCUT2D eigenvalue weighted by molar-refractivity contribution is 0.576. The Bertz CT molecular complexity index is 451. The van der Waals surface area contributed by atoms with Crippen LogP contribution in [0.4, 0.5) is 0 Å². The number of benzene rings is 1. The third kappa shape index (κ3) is 5.11. The number of unbranched alkanes of at least 4 members (excludes halogenated alkanes) is 2. The van der Waals surface area contributed by atoms with Crippen LogP contribution >= 0.6 is 34.2 Å². The van der Waals surface area contributed by atoms with E-state index in [4.69, 9.17) is 11.6 Å². The van der Waals surface area contributed by atoms with Crippen LogP contribution in [0.15, 0.2) is 29.2 Å². The zero-order chi connectivity index (χ0) is 12.7. The van der Waals surface area contributed by atoms with Crippen LogP contribution in [0.5, 0.6) is 0 Å². The van der Waals surface area contributed by atoms with Crippen molar-refractivity contribution in [3.05, 3.63) is 29.3 Å². The molecule has 0 aliphatic carbocycles. The second kappa shape index (κ2) is 7.56. The molecular formula is C11H15ClINO2S. The van der Waals surface area contributed by atoms with Gasteiger partial charge in [0.1, 0.15) is 4.90 Å². The van der Waals surface area contributed by atoms with E-state index >= 15 is 0 Å². The molecule has 0 aliphatic heterocycles. The van der Waals surface area contributed by atoms with Crippen molar-refractivity contribution in [2.45, 2.75) is 24.2 Å². The van der Waals surface area contributed by atoms with E-state index in [9.17, 15) is 8.42 Å². The molecule has 0 atom stereocenters. The van der Waals surface area contributed by atoms with Crippen LogP contribution in [0.3, 0.4) is 0 Å². The molecule has 0 heterocycles. The zero-order valence-electron chi connectivity index (χ0n) is 9.33. The molecule has 1 rings (SSSR count). The molecule has 0 aliphatic rings. The molecule has 0 saturated heterocycles. The second-order valence-corrected chi connectivity index (χ2v) is 6.80. The number of hydrogen-bond donors (Lipinski definition) is 1. The number of hydrogen-bond acceptors (Lipinski definition) is 2. The summed E-state index contributed by atoms with van der Waals surface area (Å²) in [6.45, 7) is 0.462. The van der Waals surface area contributed by atoms with E-state index in [0.717, 1.165) is 23.7 Å². The van der Waals surface area contributed by atoms with Crippen molar-refractivity contribution in [3.63, 3.8) is 0 Å². The second-order valence-electron chi connectivity index (χ2n) is 3.58. The van der Waals surface area contributed by atoms with Gasteiger partial charge in [0.15, 0.2) is 0 Å². The van der Waals surface area contributed by atoms with E-state index in [1.807, 2.05) is 0 Å². The van der Waals surface area contributed by atoms with E-state index in [1.54, 1.807) is 18.2 Å². The van der Waals surface area contributed by atoms with Gasteiger partial charge in [0.05, 0.1) is 5.02 Å². The van der Waals surface area contributed by atoms with Crippen LogP contribution in [0.1, 0.15) is 19.3 Å². The molecular weight excluding hydrogens is 373 g/mol. The van der Waals surface area contributed by atoms with Crippen LogP contribution in [0.2, 0.25) is 5.02 Å². The molecule has 1 N–H and O–H groups in total. The lowest BCUT2D eigenvalue weighted by Crippen LogP contribution is -2.25. The van der Waals surface area contributed by atoms with Crippen molar-refractivity contribution < 1.29 is 8.42 Å². The molecule has 0 aromatic heterocycles. The van der Waals surface area contributed by atoms with Crippen molar-refractivity contribution in [3.8, 4) is 0 Å². The van der Waals surface area contributed by atoms with Crippen LogP contribution in [-0.4, -0.2) is 19.4 Å². The van der Waals surface area contributed by atoms with Crippen LogP contribution in [0, 0.1) is 0 Å². The summed E-state index contributed by atoms with van der Waals surface area (Å²) in [6, 6.07) is 6.46. The monoisotopic (exact) mass is 387 g/mol. The average Bonchev–Trinajstić information content (AvgIpc) is 2.29. The van der Waals surface area contributed by atoms with E-state index in [2.05, 4.69) is 27.3 Å². The minimum absolute atomic E-state index is 0.149. The highest BCUT2D eigenvalue weighted by atomic mass is 127. The number of rotatable bonds is 7. The smallest absolute Gasteiger partial charge is 0.211 e. The summed E-state index contributed by atoms with van der Waals surface area (Å²) < 4.78 is 27.4. The van der Waals surface area contributed by atoms with Gasteiger partial charge in [-0.2, -0.15) is 0 Å². The predicted octanol–water partition coefficient (Wildman–Crippen LogP) is 3.22. The largest absolute Gasteiger partial charge is 0.242 e. The van der Waals surface area contributed by atoms with E-state index in [1.165, 1.54) is 6.07 Å². The molecule has 96 valence electrons. The Morgan fingerprint density at radius 1 is 1.18 bits per heavy atom. The molecule has 1 aromatic rings. The fourth-order valence-electron chi connectivity index (χ4n) is 1.34. The zero-order valence-corrected chi connectivity index (χ0v) is 13.1. The van der Waals surface area contributed by atoms with Gasteiger partial charge in [-0.15, -0.1) is 0 Å². The summed E-state index contributed by atoms with van der Waals surface area (Å²) in [7, 11) is -3.46. The van der Waals surface area contributed by atoms with Gasteiger partial charge in [0.25, 0.3) is 0 Å². The molecule has 0 fully saturated rings. The fourth-order valence-corrected chi connectivity index (χ4v) is 3.47. The molecule has 0 amide bonds. The Morgan fingerprint density at radius 2 is 1.88 bits per heavy atom. The molecule has 17 heavy (non-hydrogen) atoms. The van der Waals surface area contributed by atoms with Gasteiger partial charge in [-0.05, 0) is 29.4 Å². The van der Waals surface area contributed by atoms with Gasteiger partial charge in [0, 0.05) is 6.54 Å². The Balaban J connectivity index is 2.55. The highest BCUT2D eigenvalue weighted by Gasteiger charge is 2.15. The molecule has 0 bridgehead atoms. The van der Waals surface area contributed by atoms with Crippen LogP contribution in [0.25, 0.3) is 0 Å². The van der Waals surface area contributed by atoms with Crippen molar-refractivity contribution in [1.29, 1.82) is 0 Å². The van der Waals surface area contributed by atoms with E-state index < -0.39 is 10.0 Å². The quantitative estimate of drug-likeness (QED) is 0.443. The maximum absolute atomic E-state index is 11.9. The maximum Gasteiger partial charge on any atom is 0.242 e. The first-order valence-corrected chi connectivity index (χ1v) is 8.77. The van der Waals surface area contributed by atoms with Crippen molar-refractivity contribution >= 4 is 44.2 Å². The highest BCUT2D eigenvalue weighted by molar-refractivity contribution is 14.1. The van der Waals surface area contributed by atoms with Gasteiger partial charge in [0.2, 0.25) is 10.0 Å². The number of alkyl halides is 1. The molecule has 6 heteroatoms. The van der Waals surface area contributed by atoms with Crippen molar-refractivity contribution in [1.82, 2.24) is 4.72 Å². The van der Waals surface area contributed by atoms with Crippen LogP contribution in [-0.2, 0) is 10.0 Å². The first-order chi connectivity index (χ1) is 8.08. The minimum atomic E-state index is -3.46. The first-order valence-electron chi connectivity index (χ1n) is 5.38. The summed E-state index contributed by atoms with van der Waals surface area (Å²) >= 11 is 8.16. The molecule has 0 spiro atoms. The minimum Gasteiger partial charge on any atom is -0.211 e. The Hall–Kier alpha value is 0.150. The summed E-state index contributed by atoms with van der Waals surface area (Å²) in [6.07, 6.45) is 3.01. The van der Waals surface area contributed by atoms with E-state index in [-0.39, 0.29) is 9.92 Å².